The van der Waals surface area contributed by atoms with E-state index in [1.807, 2.05) is 0 Å². The van der Waals surface area contributed by atoms with Gasteiger partial charge in [-0.05, 0) is 12.5 Å². The average molecular weight is 178 g/mol. The fraction of sp³-hybridized carbons (Fsp3) is 0.429. The Bertz CT molecular complexity index is 227. The van der Waals surface area contributed by atoms with E-state index >= 15 is 0 Å². The van der Waals surface area contributed by atoms with E-state index in [0.717, 1.165) is 6.08 Å². The third-order valence-electron chi connectivity index (χ3n) is 1.46. The van der Waals surface area contributed by atoms with Crippen molar-refractivity contribution >= 4 is 0 Å². The molecule has 1 heterocycles. The molecule has 0 radical (unpaired) electrons. The van der Waals surface area contributed by atoms with Crippen molar-refractivity contribution in [3.05, 3.63) is 23.5 Å². The third-order valence-corrected chi connectivity index (χ3v) is 1.46. The molecule has 3 N–H and O–H groups in total. The molecular formula is C7H9F3N2. The molecule has 0 saturated carbocycles. The van der Waals surface area contributed by atoms with Crippen LogP contribution in [0.15, 0.2) is 23.5 Å². The minimum atomic E-state index is -4.33. The van der Waals surface area contributed by atoms with Crippen LogP contribution in [0.4, 0.5) is 13.2 Å². The molecule has 0 aromatic heterocycles. The standard InChI is InChI=1S/C7H9F3N2/c8-7(9,10)6-4-5(11)2-1-3-12-6/h2,4,12H,1,3,11H2. The predicted octanol–water partition coefficient (Wildman–Crippen LogP) is 1.27. The quantitative estimate of drug-likeness (QED) is 0.586. The van der Waals surface area contributed by atoms with Crippen LogP contribution in [0.2, 0.25) is 0 Å². The summed E-state index contributed by atoms with van der Waals surface area (Å²) in [6.07, 6.45) is -1.34. The zero-order valence-electron chi connectivity index (χ0n) is 6.28. The van der Waals surface area contributed by atoms with Crippen LogP contribution < -0.4 is 11.1 Å². The summed E-state index contributed by atoms with van der Waals surface area (Å²) in [6.45, 7) is 0.270. The Morgan fingerprint density at radius 1 is 1.42 bits per heavy atom. The van der Waals surface area contributed by atoms with E-state index in [-0.39, 0.29) is 12.2 Å². The summed E-state index contributed by atoms with van der Waals surface area (Å²) in [5, 5.41) is 2.26. The van der Waals surface area contributed by atoms with Crippen molar-refractivity contribution in [1.82, 2.24) is 5.32 Å². The van der Waals surface area contributed by atoms with Crippen LogP contribution in [0.25, 0.3) is 0 Å². The van der Waals surface area contributed by atoms with Crippen LogP contribution in [0.3, 0.4) is 0 Å². The first-order valence-electron chi connectivity index (χ1n) is 3.48. The van der Waals surface area contributed by atoms with Gasteiger partial charge in [-0.25, -0.2) is 0 Å². The van der Waals surface area contributed by atoms with Gasteiger partial charge in [0.25, 0.3) is 0 Å². The van der Waals surface area contributed by atoms with E-state index in [9.17, 15) is 13.2 Å². The highest BCUT2D eigenvalue weighted by Gasteiger charge is 2.33. The first-order valence-corrected chi connectivity index (χ1v) is 3.48. The molecule has 0 fully saturated rings. The summed E-state index contributed by atoms with van der Waals surface area (Å²) in [7, 11) is 0. The number of hydrogen-bond acceptors (Lipinski definition) is 2. The molecule has 1 aliphatic rings. The lowest BCUT2D eigenvalue weighted by atomic mass is 10.3. The molecule has 0 bridgehead atoms. The molecule has 12 heavy (non-hydrogen) atoms. The van der Waals surface area contributed by atoms with Gasteiger partial charge in [-0.1, -0.05) is 6.08 Å². The third kappa shape index (κ3) is 2.18. The van der Waals surface area contributed by atoms with Crippen LogP contribution in [-0.4, -0.2) is 12.7 Å². The fourth-order valence-corrected chi connectivity index (χ4v) is 0.904. The highest BCUT2D eigenvalue weighted by molar-refractivity contribution is 5.24. The highest BCUT2D eigenvalue weighted by Crippen LogP contribution is 2.24. The van der Waals surface area contributed by atoms with Crippen LogP contribution in [0.1, 0.15) is 6.42 Å². The average Bonchev–Trinajstić information content (AvgIpc) is 2.11. The zero-order chi connectivity index (χ0) is 9.19. The summed E-state index contributed by atoms with van der Waals surface area (Å²) in [4.78, 5) is 0. The van der Waals surface area contributed by atoms with Crippen molar-refractivity contribution in [2.75, 3.05) is 6.54 Å². The van der Waals surface area contributed by atoms with E-state index in [2.05, 4.69) is 5.32 Å². The topological polar surface area (TPSA) is 38.0 Å². The zero-order valence-corrected chi connectivity index (χ0v) is 6.28. The molecule has 0 aliphatic carbocycles. The molecule has 68 valence electrons. The Balaban J connectivity index is 2.84. The van der Waals surface area contributed by atoms with Crippen LogP contribution in [-0.2, 0) is 0 Å². The van der Waals surface area contributed by atoms with Gasteiger partial charge in [0.15, 0.2) is 0 Å². The van der Waals surface area contributed by atoms with Crippen molar-refractivity contribution in [3.8, 4) is 0 Å². The SMILES string of the molecule is NC1=CCCNC(C(F)(F)F)=C1. The number of hydrogen-bond donors (Lipinski definition) is 2. The molecular weight excluding hydrogens is 169 g/mol. The number of nitrogens with two attached hydrogens (primary N) is 1. The molecule has 0 aromatic carbocycles. The van der Waals surface area contributed by atoms with Crippen molar-refractivity contribution in [2.45, 2.75) is 12.6 Å². The molecule has 0 unspecified atom stereocenters. The van der Waals surface area contributed by atoms with Crippen molar-refractivity contribution in [1.29, 1.82) is 0 Å². The van der Waals surface area contributed by atoms with Crippen LogP contribution in [0.5, 0.6) is 0 Å². The van der Waals surface area contributed by atoms with Crippen molar-refractivity contribution < 1.29 is 13.2 Å². The smallest absolute Gasteiger partial charge is 0.399 e. The summed E-state index contributed by atoms with van der Waals surface area (Å²) >= 11 is 0. The molecule has 2 nitrogen and oxygen atoms in total. The lowest BCUT2D eigenvalue weighted by Gasteiger charge is -2.11. The van der Waals surface area contributed by atoms with E-state index in [4.69, 9.17) is 5.73 Å². The van der Waals surface area contributed by atoms with Gasteiger partial charge in [0.2, 0.25) is 0 Å². The van der Waals surface area contributed by atoms with Gasteiger partial charge >= 0.3 is 6.18 Å². The maximum Gasteiger partial charge on any atom is 0.430 e. The molecule has 0 saturated heterocycles. The lowest BCUT2D eigenvalue weighted by molar-refractivity contribution is -0.0966. The van der Waals surface area contributed by atoms with Gasteiger partial charge in [-0.3, -0.25) is 0 Å². The van der Waals surface area contributed by atoms with Gasteiger partial charge in [0, 0.05) is 12.2 Å². The molecule has 0 aromatic rings. The van der Waals surface area contributed by atoms with Crippen molar-refractivity contribution in [3.63, 3.8) is 0 Å². The van der Waals surface area contributed by atoms with Gasteiger partial charge in [0.05, 0.1) is 0 Å². The number of alkyl halides is 3. The van der Waals surface area contributed by atoms with Gasteiger partial charge < -0.3 is 11.1 Å². The molecule has 0 amide bonds. The Kier molecular flexibility index (Phi) is 2.30. The number of allylic oxidation sites excluding steroid dienone is 2. The molecule has 1 aliphatic heterocycles. The second kappa shape index (κ2) is 3.08. The number of nitrogens with one attached hydrogen (secondary N) is 1. The fourth-order valence-electron chi connectivity index (χ4n) is 0.904. The molecule has 0 atom stereocenters. The summed E-state index contributed by atoms with van der Waals surface area (Å²) in [5.74, 6) is 0. The highest BCUT2D eigenvalue weighted by atomic mass is 19.4. The largest absolute Gasteiger partial charge is 0.430 e. The van der Waals surface area contributed by atoms with E-state index in [1.54, 1.807) is 6.08 Å². The Morgan fingerprint density at radius 3 is 2.67 bits per heavy atom. The first-order chi connectivity index (χ1) is 5.50. The van der Waals surface area contributed by atoms with Crippen LogP contribution >= 0.6 is 0 Å². The second-order valence-electron chi connectivity index (χ2n) is 2.48. The second-order valence-corrected chi connectivity index (χ2v) is 2.48. The number of rotatable bonds is 0. The van der Waals surface area contributed by atoms with Crippen LogP contribution in [0, 0.1) is 0 Å². The van der Waals surface area contributed by atoms with Crippen molar-refractivity contribution in [2.24, 2.45) is 5.73 Å². The minimum absolute atomic E-state index is 0.160. The maximum absolute atomic E-state index is 12.1. The number of halogens is 3. The molecule has 0 spiro atoms. The maximum atomic E-state index is 12.1. The normalized spacial score (nSPS) is 18.9. The summed E-state index contributed by atoms with van der Waals surface area (Å²) < 4.78 is 36.2. The predicted molar refractivity (Wildman–Crippen MR) is 39.0 cm³/mol. The van der Waals surface area contributed by atoms with E-state index in [0.29, 0.717) is 6.42 Å². The monoisotopic (exact) mass is 178 g/mol. The van der Waals surface area contributed by atoms with Gasteiger partial charge in [0.1, 0.15) is 5.70 Å². The van der Waals surface area contributed by atoms with Gasteiger partial charge in [-0.15, -0.1) is 0 Å². The minimum Gasteiger partial charge on any atom is -0.399 e. The molecule has 5 heteroatoms. The Hall–Kier alpha value is -1.13. The Morgan fingerprint density at radius 2 is 2.08 bits per heavy atom. The first kappa shape index (κ1) is 8.96. The lowest BCUT2D eigenvalue weighted by Crippen LogP contribution is -2.26. The summed E-state index contributed by atoms with van der Waals surface area (Å²) in [6, 6.07) is 0. The van der Waals surface area contributed by atoms with Gasteiger partial charge in [-0.2, -0.15) is 13.2 Å². The summed E-state index contributed by atoms with van der Waals surface area (Å²) in [5.41, 5.74) is 4.66. The van der Waals surface area contributed by atoms with E-state index < -0.39 is 11.9 Å². The van der Waals surface area contributed by atoms with E-state index in [1.165, 1.54) is 0 Å². The Labute approximate surface area is 67.9 Å². The molecule has 1 rings (SSSR count).